The van der Waals surface area contributed by atoms with Gasteiger partial charge in [0.2, 0.25) is 0 Å². The first-order chi connectivity index (χ1) is 26.8. The Labute approximate surface area is 312 Å². The molecule has 0 saturated heterocycles. The molecule has 0 saturated carbocycles. The number of anilines is 3. The molecule has 1 aromatic heterocycles. The fourth-order valence-electron chi connectivity index (χ4n) is 11.4. The SMILES string of the molecule is c1ccc2c(c1)-c1ccccc1C21c2ccccc2N2c3c(cccc31)B1c3c(cc4ccccc4c32)-c2cccc3c4cc5ccccc5cc4n1c23. The number of benzene rings is 9. The van der Waals surface area contributed by atoms with Crippen LogP contribution in [0.2, 0.25) is 0 Å². The average Bonchev–Trinajstić information content (AvgIpc) is 3.71. The van der Waals surface area contributed by atoms with E-state index in [0.29, 0.717) is 0 Å². The maximum atomic E-state index is 2.71. The third kappa shape index (κ3) is 2.97. The van der Waals surface area contributed by atoms with Crippen LogP contribution in [-0.2, 0) is 5.41 Å². The zero-order valence-corrected chi connectivity index (χ0v) is 29.2. The van der Waals surface area contributed by atoms with Crippen LogP contribution < -0.4 is 15.8 Å². The molecule has 4 heterocycles. The highest BCUT2D eigenvalue weighted by Crippen LogP contribution is 2.64. The van der Waals surface area contributed by atoms with E-state index in [0.717, 1.165) is 0 Å². The summed E-state index contributed by atoms with van der Waals surface area (Å²) in [7, 11) is 0. The van der Waals surface area contributed by atoms with Gasteiger partial charge in [0.1, 0.15) is 0 Å². The molecule has 10 aromatic rings. The van der Waals surface area contributed by atoms with Gasteiger partial charge in [0, 0.05) is 38.4 Å². The second kappa shape index (κ2) is 9.39. The van der Waals surface area contributed by atoms with Crippen molar-refractivity contribution in [2.24, 2.45) is 0 Å². The molecule has 0 radical (unpaired) electrons. The Morgan fingerprint density at radius 1 is 0.407 bits per heavy atom. The van der Waals surface area contributed by atoms with Crippen molar-refractivity contribution >= 4 is 78.2 Å². The Morgan fingerprint density at radius 2 is 1.02 bits per heavy atom. The van der Waals surface area contributed by atoms with Crippen LogP contribution in [0.1, 0.15) is 22.3 Å². The minimum atomic E-state index is -0.465. The Morgan fingerprint density at radius 3 is 1.83 bits per heavy atom. The first-order valence-electron chi connectivity index (χ1n) is 19.1. The highest BCUT2D eigenvalue weighted by molar-refractivity contribution is 6.90. The Hall–Kier alpha value is -6.84. The van der Waals surface area contributed by atoms with Crippen LogP contribution in [0, 0.1) is 0 Å². The summed E-state index contributed by atoms with van der Waals surface area (Å²) in [5.41, 5.74) is 19.5. The summed E-state index contributed by atoms with van der Waals surface area (Å²) in [4.78, 5) is 2.67. The van der Waals surface area contributed by atoms with Crippen molar-refractivity contribution in [2.45, 2.75) is 5.41 Å². The molecule has 1 spiro atoms. The van der Waals surface area contributed by atoms with Gasteiger partial charge < -0.3 is 9.38 Å². The van der Waals surface area contributed by atoms with Crippen LogP contribution in [-0.4, -0.2) is 11.3 Å². The highest BCUT2D eigenvalue weighted by Gasteiger charge is 2.55. The Kier molecular flexibility index (Phi) is 4.83. The van der Waals surface area contributed by atoms with E-state index in [1.165, 1.54) is 116 Å². The van der Waals surface area contributed by atoms with E-state index < -0.39 is 5.41 Å². The molecule has 0 unspecified atom stereocenters. The van der Waals surface area contributed by atoms with Crippen molar-refractivity contribution in [3.05, 3.63) is 198 Å². The summed E-state index contributed by atoms with van der Waals surface area (Å²) < 4.78 is 2.71. The van der Waals surface area contributed by atoms with Crippen LogP contribution in [0.25, 0.3) is 65.6 Å². The van der Waals surface area contributed by atoms with Crippen molar-refractivity contribution < 1.29 is 0 Å². The summed E-state index contributed by atoms with van der Waals surface area (Å²) in [5, 5.41) is 7.75. The highest BCUT2D eigenvalue weighted by atomic mass is 15.2. The lowest BCUT2D eigenvalue weighted by atomic mass is 9.43. The summed E-state index contributed by atoms with van der Waals surface area (Å²) in [6.45, 7) is -0.0175. The standard InChI is InChI=1S/C51H29BN2/c1-2-14-31-29-46-38(27-30(31)13-1)36-19-11-20-37-39-28-32-15-3-4-16-33(32)49-47(39)52(54(46)48(36)37)44-25-12-24-43-50(44)53(49)45-26-10-9-23-42(45)51(43)40-21-7-5-17-34(40)35-18-6-8-22-41(35)51/h1-29H. The number of rotatable bonds is 0. The van der Waals surface area contributed by atoms with Crippen molar-refractivity contribution in [2.75, 3.05) is 4.90 Å². The van der Waals surface area contributed by atoms with E-state index in [9.17, 15) is 0 Å². The largest absolute Gasteiger partial charge is 0.375 e. The molecule has 4 aliphatic rings. The van der Waals surface area contributed by atoms with Gasteiger partial charge in [-0.15, -0.1) is 0 Å². The maximum absolute atomic E-state index is 2.71. The normalized spacial score (nSPS) is 14.7. The quantitative estimate of drug-likeness (QED) is 0.145. The molecule has 3 aliphatic heterocycles. The molecule has 2 nitrogen and oxygen atoms in total. The number of nitrogens with zero attached hydrogens (tertiary/aromatic N) is 2. The van der Waals surface area contributed by atoms with Crippen LogP contribution in [0.5, 0.6) is 0 Å². The molecule has 0 amide bonds. The molecule has 9 aromatic carbocycles. The second-order valence-corrected chi connectivity index (χ2v) is 15.5. The molecule has 54 heavy (non-hydrogen) atoms. The van der Waals surface area contributed by atoms with Gasteiger partial charge in [0.15, 0.2) is 0 Å². The minimum absolute atomic E-state index is 0.0175. The number of fused-ring (bicyclic) bond motifs is 19. The lowest BCUT2D eigenvalue weighted by molar-refractivity contribution is 0.754. The predicted octanol–water partition coefficient (Wildman–Crippen LogP) is 11.2. The van der Waals surface area contributed by atoms with Crippen LogP contribution in [0.15, 0.2) is 176 Å². The zero-order chi connectivity index (χ0) is 34.9. The van der Waals surface area contributed by atoms with E-state index in [4.69, 9.17) is 0 Å². The first kappa shape index (κ1) is 27.8. The average molecular weight is 681 g/mol. The van der Waals surface area contributed by atoms with E-state index in [1.807, 2.05) is 0 Å². The van der Waals surface area contributed by atoms with Gasteiger partial charge in [0.25, 0.3) is 0 Å². The molecule has 0 fully saturated rings. The molecule has 3 heteroatoms. The topological polar surface area (TPSA) is 8.17 Å². The molecule has 1 aliphatic carbocycles. The first-order valence-corrected chi connectivity index (χ1v) is 19.1. The molecular weight excluding hydrogens is 651 g/mol. The van der Waals surface area contributed by atoms with Gasteiger partial charge in [-0.05, 0) is 90.3 Å². The summed E-state index contributed by atoms with van der Waals surface area (Å²) in [6.07, 6.45) is 0. The Bertz CT molecular complexity index is 3320. The lowest BCUT2D eigenvalue weighted by Gasteiger charge is -2.50. The van der Waals surface area contributed by atoms with Crippen molar-refractivity contribution in [1.29, 1.82) is 0 Å². The van der Waals surface area contributed by atoms with Crippen molar-refractivity contribution in [3.63, 3.8) is 0 Å². The maximum Gasteiger partial charge on any atom is 0.333 e. The van der Waals surface area contributed by atoms with Crippen LogP contribution in [0.4, 0.5) is 17.1 Å². The fraction of sp³-hybridized carbons (Fsp3) is 0.0196. The zero-order valence-electron chi connectivity index (χ0n) is 29.2. The number of hydrogen-bond acceptors (Lipinski definition) is 1. The van der Waals surface area contributed by atoms with Crippen molar-refractivity contribution in [1.82, 2.24) is 4.48 Å². The number of hydrogen-bond donors (Lipinski definition) is 0. The van der Waals surface area contributed by atoms with E-state index >= 15 is 0 Å². The third-order valence-electron chi connectivity index (χ3n) is 13.3. The van der Waals surface area contributed by atoms with Gasteiger partial charge in [-0.2, -0.15) is 0 Å². The molecule has 246 valence electrons. The van der Waals surface area contributed by atoms with Crippen molar-refractivity contribution in [3.8, 4) is 22.3 Å². The number of para-hydroxylation sites is 3. The summed E-state index contributed by atoms with van der Waals surface area (Å²) >= 11 is 0. The van der Waals surface area contributed by atoms with Gasteiger partial charge in [0.05, 0.1) is 16.8 Å². The predicted molar refractivity (Wildman–Crippen MR) is 226 cm³/mol. The smallest absolute Gasteiger partial charge is 0.333 e. The van der Waals surface area contributed by atoms with Crippen LogP contribution in [0.3, 0.4) is 0 Å². The van der Waals surface area contributed by atoms with Gasteiger partial charge in [-0.3, -0.25) is 0 Å². The number of aromatic nitrogens is 1. The monoisotopic (exact) mass is 680 g/mol. The van der Waals surface area contributed by atoms with Gasteiger partial charge >= 0.3 is 6.85 Å². The van der Waals surface area contributed by atoms with E-state index in [2.05, 4.69) is 185 Å². The summed E-state index contributed by atoms with van der Waals surface area (Å²) in [6, 6.07) is 67.0. The summed E-state index contributed by atoms with van der Waals surface area (Å²) in [5.74, 6) is 0. The molecule has 14 rings (SSSR count). The third-order valence-corrected chi connectivity index (χ3v) is 13.3. The molecule has 0 bridgehead atoms. The lowest BCUT2D eigenvalue weighted by Crippen LogP contribution is -2.58. The van der Waals surface area contributed by atoms with Crippen LogP contribution >= 0.6 is 0 Å². The van der Waals surface area contributed by atoms with Gasteiger partial charge in [-0.25, -0.2) is 0 Å². The Balaban J connectivity index is 1.22. The molecule has 0 atom stereocenters. The van der Waals surface area contributed by atoms with E-state index in [1.54, 1.807) is 0 Å². The second-order valence-electron chi connectivity index (χ2n) is 15.5. The van der Waals surface area contributed by atoms with Gasteiger partial charge in [-0.1, -0.05) is 152 Å². The van der Waals surface area contributed by atoms with E-state index in [-0.39, 0.29) is 6.85 Å². The molecule has 0 N–H and O–H groups in total. The minimum Gasteiger partial charge on any atom is -0.375 e. The molecular formula is C51H29BN2. The fourth-order valence-corrected chi connectivity index (χ4v) is 11.4.